The molecule has 0 N–H and O–H groups in total. The van der Waals surface area contributed by atoms with Gasteiger partial charge < -0.3 is 0 Å². The van der Waals surface area contributed by atoms with Gasteiger partial charge in [-0.25, -0.2) is 0 Å². The fourth-order valence-corrected chi connectivity index (χ4v) is 2.60. The Kier molecular flexibility index (Phi) is 6.88. The maximum atomic E-state index is 5.38. The first-order valence-electron chi connectivity index (χ1n) is 6.01. The summed E-state index contributed by atoms with van der Waals surface area (Å²) in [5.41, 5.74) is 0. The molecule has 0 bridgehead atoms. The summed E-state index contributed by atoms with van der Waals surface area (Å²) in [6.07, 6.45) is 13.3. The van der Waals surface area contributed by atoms with Gasteiger partial charge in [-0.1, -0.05) is 57.2 Å². The molecule has 0 heterocycles. The minimum atomic E-state index is 0.393. The largest absolute Gasteiger partial charge is 0.171 e. The molecule has 1 aliphatic rings. The number of rotatable bonds is 0. The highest BCUT2D eigenvalue weighted by Crippen LogP contribution is 2.18. The Morgan fingerprint density at radius 3 is 2.00 bits per heavy atom. The minimum absolute atomic E-state index is 0.393. The lowest BCUT2D eigenvalue weighted by molar-refractivity contribution is 0.559. The average Bonchev–Trinajstić information content (AvgIpc) is 2.18. The van der Waals surface area contributed by atoms with Crippen molar-refractivity contribution < 1.29 is 0 Å². The molecule has 0 aromatic heterocycles. The monoisotopic (exact) mass is 230 g/mol. The summed E-state index contributed by atoms with van der Waals surface area (Å²) >= 11 is 9.96. The highest BCUT2D eigenvalue weighted by Gasteiger charge is 2.09. The SMILES string of the molecule is S=C1CCCCCCCCCCC1S. The maximum Gasteiger partial charge on any atom is 0.0330 e. The van der Waals surface area contributed by atoms with Gasteiger partial charge in [0.1, 0.15) is 0 Å². The van der Waals surface area contributed by atoms with E-state index in [-0.39, 0.29) is 0 Å². The van der Waals surface area contributed by atoms with Gasteiger partial charge in [-0.05, 0) is 19.3 Å². The second kappa shape index (κ2) is 7.70. The molecule has 0 radical (unpaired) electrons. The van der Waals surface area contributed by atoms with Crippen molar-refractivity contribution in [3.8, 4) is 0 Å². The minimum Gasteiger partial charge on any atom is -0.171 e. The maximum absolute atomic E-state index is 5.38. The van der Waals surface area contributed by atoms with Gasteiger partial charge in [0.2, 0.25) is 0 Å². The van der Waals surface area contributed by atoms with Crippen LogP contribution in [0.4, 0.5) is 0 Å². The van der Waals surface area contributed by atoms with Gasteiger partial charge in [0, 0.05) is 10.1 Å². The number of hydrogen-bond donors (Lipinski definition) is 1. The quantitative estimate of drug-likeness (QED) is 0.470. The van der Waals surface area contributed by atoms with Crippen molar-refractivity contribution in [3.63, 3.8) is 0 Å². The van der Waals surface area contributed by atoms with Crippen molar-refractivity contribution >= 4 is 29.7 Å². The van der Waals surface area contributed by atoms with Crippen LogP contribution in [0.15, 0.2) is 0 Å². The summed E-state index contributed by atoms with van der Waals surface area (Å²) in [5, 5.41) is 0.393. The van der Waals surface area contributed by atoms with E-state index in [1.165, 1.54) is 62.7 Å². The van der Waals surface area contributed by atoms with Crippen LogP contribution in [-0.2, 0) is 0 Å². The molecule has 1 unspecified atom stereocenters. The Morgan fingerprint density at radius 2 is 1.36 bits per heavy atom. The van der Waals surface area contributed by atoms with Gasteiger partial charge in [0.05, 0.1) is 0 Å². The third-order valence-electron chi connectivity index (χ3n) is 3.02. The van der Waals surface area contributed by atoms with Crippen LogP contribution in [0, 0.1) is 0 Å². The summed E-state index contributed by atoms with van der Waals surface area (Å²) in [7, 11) is 0. The molecule has 1 atom stereocenters. The van der Waals surface area contributed by atoms with Gasteiger partial charge in [-0.15, -0.1) is 0 Å². The molecule has 0 aromatic carbocycles. The molecular formula is C12H22S2. The molecule has 1 saturated carbocycles. The molecule has 0 spiro atoms. The molecule has 2 heteroatoms. The Labute approximate surface area is 99.3 Å². The summed E-state index contributed by atoms with van der Waals surface area (Å²) in [6.45, 7) is 0. The van der Waals surface area contributed by atoms with E-state index >= 15 is 0 Å². The lowest BCUT2D eigenvalue weighted by atomic mass is 10.0. The van der Waals surface area contributed by atoms with Crippen LogP contribution in [0.25, 0.3) is 0 Å². The molecular weight excluding hydrogens is 208 g/mol. The molecule has 1 aliphatic carbocycles. The standard InChI is InChI=1S/C12H22S2/c13-11-9-7-5-3-1-2-4-6-8-10-12(11)14/h11,13H,1-10H2. The summed E-state index contributed by atoms with van der Waals surface area (Å²) in [4.78, 5) is 1.20. The van der Waals surface area contributed by atoms with Crippen molar-refractivity contribution in [3.05, 3.63) is 0 Å². The Balaban J connectivity index is 2.27. The molecule has 0 saturated heterocycles. The van der Waals surface area contributed by atoms with Crippen LogP contribution in [0.5, 0.6) is 0 Å². The second-order valence-corrected chi connectivity index (χ2v) is 5.50. The molecule has 0 amide bonds. The summed E-state index contributed by atoms with van der Waals surface area (Å²) < 4.78 is 0. The third kappa shape index (κ3) is 5.35. The normalized spacial score (nSPS) is 27.8. The number of thiocarbonyl (C=S) groups is 1. The molecule has 82 valence electrons. The zero-order valence-corrected chi connectivity index (χ0v) is 10.7. The molecule has 1 fully saturated rings. The average molecular weight is 230 g/mol. The Hall–Kier alpha value is 0.440. The lowest BCUT2D eigenvalue weighted by Gasteiger charge is -2.13. The van der Waals surface area contributed by atoms with E-state index in [1.807, 2.05) is 0 Å². The van der Waals surface area contributed by atoms with Crippen molar-refractivity contribution in [2.75, 3.05) is 0 Å². The Bertz CT molecular complexity index is 166. The van der Waals surface area contributed by atoms with E-state index in [1.54, 1.807) is 0 Å². The topological polar surface area (TPSA) is 0 Å². The van der Waals surface area contributed by atoms with E-state index < -0.39 is 0 Å². The van der Waals surface area contributed by atoms with Gasteiger partial charge in [0.25, 0.3) is 0 Å². The third-order valence-corrected chi connectivity index (χ3v) is 4.26. The van der Waals surface area contributed by atoms with Gasteiger partial charge >= 0.3 is 0 Å². The first kappa shape index (κ1) is 12.5. The fourth-order valence-electron chi connectivity index (χ4n) is 2.03. The second-order valence-electron chi connectivity index (χ2n) is 4.35. The van der Waals surface area contributed by atoms with E-state index in [0.717, 1.165) is 6.42 Å². The van der Waals surface area contributed by atoms with Gasteiger partial charge in [-0.3, -0.25) is 0 Å². The highest BCUT2D eigenvalue weighted by molar-refractivity contribution is 7.86. The van der Waals surface area contributed by atoms with Crippen molar-refractivity contribution in [2.24, 2.45) is 0 Å². The van der Waals surface area contributed by atoms with Crippen LogP contribution in [-0.4, -0.2) is 10.1 Å². The van der Waals surface area contributed by atoms with Gasteiger partial charge in [-0.2, -0.15) is 12.6 Å². The van der Waals surface area contributed by atoms with Crippen molar-refractivity contribution in [1.82, 2.24) is 0 Å². The summed E-state index contributed by atoms with van der Waals surface area (Å²) in [5.74, 6) is 0. The molecule has 1 rings (SSSR count). The number of thiol groups is 1. The van der Waals surface area contributed by atoms with Crippen molar-refractivity contribution in [2.45, 2.75) is 69.5 Å². The Morgan fingerprint density at radius 1 is 0.857 bits per heavy atom. The molecule has 0 aliphatic heterocycles. The first-order valence-corrected chi connectivity index (χ1v) is 6.94. The summed E-state index contributed by atoms with van der Waals surface area (Å²) in [6, 6.07) is 0. The lowest BCUT2D eigenvalue weighted by Crippen LogP contribution is -2.12. The number of hydrogen-bond acceptors (Lipinski definition) is 2. The van der Waals surface area contributed by atoms with E-state index in [0.29, 0.717) is 5.25 Å². The molecule has 0 nitrogen and oxygen atoms in total. The first-order chi connectivity index (χ1) is 6.80. The van der Waals surface area contributed by atoms with Crippen LogP contribution < -0.4 is 0 Å². The van der Waals surface area contributed by atoms with Crippen LogP contribution in [0.3, 0.4) is 0 Å². The van der Waals surface area contributed by atoms with E-state index in [9.17, 15) is 0 Å². The van der Waals surface area contributed by atoms with E-state index in [2.05, 4.69) is 12.6 Å². The zero-order valence-electron chi connectivity index (χ0n) is 9.00. The highest BCUT2D eigenvalue weighted by atomic mass is 32.1. The van der Waals surface area contributed by atoms with Crippen LogP contribution in [0.1, 0.15) is 64.2 Å². The molecule has 14 heavy (non-hydrogen) atoms. The van der Waals surface area contributed by atoms with Crippen LogP contribution in [0.2, 0.25) is 0 Å². The smallest absolute Gasteiger partial charge is 0.0330 e. The predicted molar refractivity (Wildman–Crippen MR) is 71.5 cm³/mol. The fraction of sp³-hybridized carbons (Fsp3) is 0.917. The van der Waals surface area contributed by atoms with E-state index in [4.69, 9.17) is 12.2 Å². The predicted octanol–water partition coefficient (Wildman–Crippen LogP) is 4.57. The van der Waals surface area contributed by atoms with Crippen molar-refractivity contribution in [1.29, 1.82) is 0 Å². The molecule has 0 aromatic rings. The zero-order chi connectivity index (χ0) is 10.2. The van der Waals surface area contributed by atoms with Gasteiger partial charge in [0.15, 0.2) is 0 Å². The van der Waals surface area contributed by atoms with Crippen LogP contribution >= 0.6 is 24.8 Å².